The van der Waals surface area contributed by atoms with E-state index in [-0.39, 0.29) is 22.9 Å². The number of nitrogen functional groups attached to an aromatic ring is 1. The quantitative estimate of drug-likeness (QED) is 0.143. The fraction of sp³-hybridized carbons (Fsp3) is 0.600. The molecule has 0 saturated carbocycles. The summed E-state index contributed by atoms with van der Waals surface area (Å²) in [6.07, 6.45) is -2.82. The van der Waals surface area contributed by atoms with Gasteiger partial charge in [-0.3, -0.25) is 0 Å². The molecule has 0 amide bonds. The molecule has 3 rings (SSSR count). The zero-order valence-corrected chi connectivity index (χ0v) is 17.7. The Hall–Kier alpha value is -2.51. The second kappa shape index (κ2) is 9.10. The first-order valence-electron chi connectivity index (χ1n) is 8.87. The third-order valence-corrected chi connectivity index (χ3v) is 8.60. The molecule has 1 aliphatic rings. The van der Waals surface area contributed by atoms with Crippen LogP contribution < -0.4 is 11.5 Å². The average molecular weight is 487 g/mol. The number of ether oxygens (including phenoxy) is 1. The molecule has 0 aromatic carbocycles. The van der Waals surface area contributed by atoms with Crippen LogP contribution in [0.15, 0.2) is 11.4 Å². The summed E-state index contributed by atoms with van der Waals surface area (Å²) in [7, 11) is 0. The van der Waals surface area contributed by atoms with Crippen LogP contribution in [0.25, 0.3) is 21.6 Å². The topological polar surface area (TPSA) is 231 Å². The molecule has 0 spiro atoms. The SMILES string of the molecule is C[Se+](CC[C@H](N)C(=O)O)C[C@H]1O[C@@H](n2c(N=[N+]=[N-])nc3c(N)ncnc32)[C@H](O)[C@@H]1O. The molecule has 2 aromatic rings. The van der Waals surface area contributed by atoms with Gasteiger partial charge in [0.1, 0.15) is 0 Å². The van der Waals surface area contributed by atoms with E-state index in [2.05, 4.69) is 25.0 Å². The first-order valence-corrected chi connectivity index (χ1v) is 13.0. The van der Waals surface area contributed by atoms with Gasteiger partial charge in [0.2, 0.25) is 0 Å². The number of hydrogen-bond donors (Lipinski definition) is 5. The van der Waals surface area contributed by atoms with Gasteiger partial charge in [-0.1, -0.05) is 0 Å². The van der Waals surface area contributed by atoms with Crippen molar-refractivity contribution in [1.82, 2.24) is 19.5 Å². The number of nitrogens with zero attached hydrogens (tertiary/aromatic N) is 7. The number of aliphatic hydroxyl groups excluding tert-OH is 2. The van der Waals surface area contributed by atoms with Crippen molar-refractivity contribution in [3.05, 3.63) is 16.8 Å². The summed E-state index contributed by atoms with van der Waals surface area (Å²) < 4.78 is 7.20. The summed E-state index contributed by atoms with van der Waals surface area (Å²) in [5.74, 6) is 0.872. The number of carboxylic acid groups (broad SMARTS) is 1. The standard InChI is InChI=1S/C15H21N9O5Se/c1-30(3-2-6(16)14(27)28)4-7-9(25)10(26)13(29-7)24-12-8(11(17)19-5-20-12)21-15(24)22-23-18/h5-7,9-10,13,25-26H,2-4,16H2,1H3,(H2-,17,19,20,27,28)/p+1/t6-,7+,9+,10+,13+,30?/m0/s1. The van der Waals surface area contributed by atoms with Gasteiger partial charge in [-0.05, 0) is 0 Å². The Bertz CT molecular complexity index is 981. The Kier molecular flexibility index (Phi) is 6.73. The van der Waals surface area contributed by atoms with E-state index in [9.17, 15) is 15.0 Å². The molecule has 0 bridgehead atoms. The number of carboxylic acids is 1. The second-order valence-electron chi connectivity index (χ2n) is 6.83. The van der Waals surface area contributed by atoms with Crippen molar-refractivity contribution in [2.75, 3.05) is 5.73 Å². The van der Waals surface area contributed by atoms with E-state index in [1.807, 2.05) is 5.82 Å². The molecule has 0 aliphatic carbocycles. The van der Waals surface area contributed by atoms with E-state index in [1.54, 1.807) is 0 Å². The molecular weight excluding hydrogens is 465 g/mol. The molecule has 14 nitrogen and oxygen atoms in total. The fourth-order valence-corrected chi connectivity index (χ4v) is 6.64. The van der Waals surface area contributed by atoms with Crippen molar-refractivity contribution in [2.24, 2.45) is 10.8 Å². The average Bonchev–Trinajstić information content (AvgIpc) is 3.19. The van der Waals surface area contributed by atoms with Gasteiger partial charge in [-0.2, -0.15) is 0 Å². The van der Waals surface area contributed by atoms with Gasteiger partial charge in [-0.25, -0.2) is 0 Å². The normalized spacial score (nSPS) is 25.7. The number of fused-ring (bicyclic) bond motifs is 1. The molecule has 7 N–H and O–H groups in total. The van der Waals surface area contributed by atoms with Gasteiger partial charge in [0.05, 0.1) is 0 Å². The number of aromatic nitrogens is 4. The molecule has 1 unspecified atom stereocenters. The minimum absolute atomic E-state index is 0.0628. The van der Waals surface area contributed by atoms with Crippen LogP contribution in [0.2, 0.25) is 16.5 Å². The summed E-state index contributed by atoms with van der Waals surface area (Å²) >= 11 is -1.35. The fourth-order valence-electron chi connectivity index (χ4n) is 3.16. The maximum absolute atomic E-state index is 10.9. The van der Waals surface area contributed by atoms with Crippen LogP contribution in [0.4, 0.5) is 11.8 Å². The zero-order valence-electron chi connectivity index (χ0n) is 15.9. The monoisotopic (exact) mass is 488 g/mol. The number of aliphatic hydroxyl groups is 2. The van der Waals surface area contributed by atoms with E-state index in [0.29, 0.717) is 17.1 Å². The summed E-state index contributed by atoms with van der Waals surface area (Å²) in [4.78, 5) is 25.6. The molecular formula is C15H22N9O5Se+. The molecule has 162 valence electrons. The molecule has 15 heteroatoms. The molecule has 1 saturated heterocycles. The van der Waals surface area contributed by atoms with Crippen LogP contribution in [-0.2, 0) is 9.53 Å². The van der Waals surface area contributed by atoms with Crippen LogP contribution >= 0.6 is 0 Å². The van der Waals surface area contributed by atoms with E-state index >= 15 is 0 Å². The number of carbonyl (C=O) groups is 1. The first-order chi connectivity index (χ1) is 14.2. The number of aliphatic carboxylic acids is 1. The van der Waals surface area contributed by atoms with Crippen molar-refractivity contribution < 1.29 is 24.9 Å². The van der Waals surface area contributed by atoms with Crippen molar-refractivity contribution in [3.8, 4) is 0 Å². The van der Waals surface area contributed by atoms with Crippen molar-refractivity contribution in [3.63, 3.8) is 0 Å². The van der Waals surface area contributed by atoms with Crippen molar-refractivity contribution in [2.45, 2.75) is 53.5 Å². The molecule has 30 heavy (non-hydrogen) atoms. The Balaban J connectivity index is 1.82. The molecule has 6 atom stereocenters. The van der Waals surface area contributed by atoms with Crippen LogP contribution in [0.3, 0.4) is 0 Å². The number of azide groups is 1. The predicted octanol–water partition coefficient (Wildman–Crippen LogP) is -0.104. The molecule has 1 aliphatic heterocycles. The van der Waals surface area contributed by atoms with Crippen LogP contribution in [0.5, 0.6) is 0 Å². The van der Waals surface area contributed by atoms with Gasteiger partial charge >= 0.3 is 174 Å². The maximum atomic E-state index is 10.9. The van der Waals surface area contributed by atoms with Gasteiger partial charge < -0.3 is 0 Å². The summed E-state index contributed by atoms with van der Waals surface area (Å²) in [6, 6.07) is -0.933. The van der Waals surface area contributed by atoms with Crippen molar-refractivity contribution in [1.29, 1.82) is 0 Å². The number of hydrogen-bond acceptors (Lipinski definition) is 10. The molecule has 0 radical (unpaired) electrons. The number of anilines is 1. The Labute approximate surface area is 174 Å². The van der Waals surface area contributed by atoms with Gasteiger partial charge in [0.15, 0.2) is 0 Å². The molecule has 2 aromatic heterocycles. The predicted molar refractivity (Wildman–Crippen MR) is 106 cm³/mol. The number of rotatable bonds is 8. The van der Waals surface area contributed by atoms with Crippen molar-refractivity contribution >= 4 is 42.8 Å². The molecule has 3 heterocycles. The van der Waals surface area contributed by atoms with E-state index in [0.717, 1.165) is 0 Å². The molecule has 1 fully saturated rings. The minimum atomic E-state index is -1.35. The van der Waals surface area contributed by atoms with Gasteiger partial charge in [-0.15, -0.1) is 0 Å². The van der Waals surface area contributed by atoms with Crippen LogP contribution in [0.1, 0.15) is 12.6 Å². The Morgan fingerprint density at radius 3 is 2.87 bits per heavy atom. The Morgan fingerprint density at radius 1 is 1.47 bits per heavy atom. The number of nitrogens with two attached hydrogens (primary N) is 2. The third kappa shape index (κ3) is 4.32. The summed E-state index contributed by atoms with van der Waals surface area (Å²) in [6.45, 7) is 0. The first kappa shape index (κ1) is 22.2. The van der Waals surface area contributed by atoms with E-state index < -0.39 is 50.5 Å². The third-order valence-electron chi connectivity index (χ3n) is 4.76. The van der Waals surface area contributed by atoms with Crippen LogP contribution in [0, 0.1) is 0 Å². The van der Waals surface area contributed by atoms with Gasteiger partial charge in [0, 0.05) is 0 Å². The van der Waals surface area contributed by atoms with Crippen LogP contribution in [-0.4, -0.2) is 79.1 Å². The Morgan fingerprint density at radius 2 is 2.20 bits per heavy atom. The number of imidazole rings is 1. The zero-order chi connectivity index (χ0) is 22.0. The second-order valence-corrected chi connectivity index (χ2v) is 11.7. The van der Waals surface area contributed by atoms with E-state index in [4.69, 9.17) is 26.8 Å². The van der Waals surface area contributed by atoms with E-state index in [1.165, 1.54) is 10.9 Å². The summed E-state index contributed by atoms with van der Waals surface area (Å²) in [5, 5.41) is 34.6. The van der Waals surface area contributed by atoms with Gasteiger partial charge in [0.25, 0.3) is 0 Å². The summed E-state index contributed by atoms with van der Waals surface area (Å²) in [5.41, 5.74) is 20.6.